The van der Waals surface area contributed by atoms with E-state index in [1.807, 2.05) is 13.8 Å². The minimum Gasteiger partial charge on any atom is -0.489 e. The molecule has 1 aromatic heterocycles. The molecule has 2 aromatic rings. The highest BCUT2D eigenvalue weighted by Crippen LogP contribution is 2.18. The third-order valence-corrected chi connectivity index (χ3v) is 3.81. The summed E-state index contributed by atoms with van der Waals surface area (Å²) in [6.45, 7) is 6.55. The van der Waals surface area contributed by atoms with E-state index in [0.29, 0.717) is 37.5 Å². The topological polar surface area (TPSA) is 90.7 Å². The molecule has 0 spiro atoms. The molecule has 0 saturated heterocycles. The van der Waals surface area contributed by atoms with Crippen LogP contribution < -0.4 is 10.1 Å². The average molecular weight is 360 g/mol. The quantitative estimate of drug-likeness (QED) is 0.546. The minimum atomic E-state index is -0.253. The molecule has 26 heavy (non-hydrogen) atoms. The van der Waals surface area contributed by atoms with Gasteiger partial charge < -0.3 is 19.3 Å². The number of amides is 1. The van der Waals surface area contributed by atoms with E-state index in [9.17, 15) is 9.59 Å². The maximum absolute atomic E-state index is 12.2. The number of benzene rings is 1. The molecule has 140 valence electrons. The third kappa shape index (κ3) is 5.61. The predicted octanol–water partition coefficient (Wildman–Crippen LogP) is 2.94. The summed E-state index contributed by atoms with van der Waals surface area (Å²) < 4.78 is 15.7. The standard InChI is InChI=1S/C19H24N2O5/c1-4-24-18(22)9-6-10-20-19(23)15-7-5-8-16(11-15)25-12-17-13(2)21-26-14(17)3/h5,7-8,11H,4,6,9-10,12H2,1-3H3,(H,20,23). The van der Waals surface area contributed by atoms with Gasteiger partial charge in [0.2, 0.25) is 0 Å². The zero-order valence-corrected chi connectivity index (χ0v) is 15.3. The van der Waals surface area contributed by atoms with Crippen LogP contribution in [-0.2, 0) is 16.1 Å². The zero-order valence-electron chi connectivity index (χ0n) is 15.3. The number of carbonyl (C=O) groups excluding carboxylic acids is 2. The number of hydrogen-bond donors (Lipinski definition) is 1. The molecule has 0 fully saturated rings. The summed E-state index contributed by atoms with van der Waals surface area (Å²) in [5.41, 5.74) is 2.19. The highest BCUT2D eigenvalue weighted by molar-refractivity contribution is 5.94. The summed E-state index contributed by atoms with van der Waals surface area (Å²) in [7, 11) is 0. The van der Waals surface area contributed by atoms with Gasteiger partial charge in [-0.15, -0.1) is 0 Å². The molecule has 0 aliphatic carbocycles. The van der Waals surface area contributed by atoms with Crippen LogP contribution in [0.5, 0.6) is 5.75 Å². The lowest BCUT2D eigenvalue weighted by molar-refractivity contribution is -0.143. The van der Waals surface area contributed by atoms with Crippen molar-refractivity contribution < 1.29 is 23.6 Å². The maximum Gasteiger partial charge on any atom is 0.305 e. The molecule has 0 aliphatic heterocycles. The van der Waals surface area contributed by atoms with E-state index in [1.165, 1.54) is 0 Å². The van der Waals surface area contributed by atoms with Gasteiger partial charge in [0.1, 0.15) is 18.1 Å². The Morgan fingerprint density at radius 3 is 2.77 bits per heavy atom. The Hall–Kier alpha value is -2.83. The van der Waals surface area contributed by atoms with Crippen LogP contribution in [0.3, 0.4) is 0 Å². The smallest absolute Gasteiger partial charge is 0.305 e. The Kier molecular flexibility index (Phi) is 7.20. The summed E-state index contributed by atoms with van der Waals surface area (Å²) in [5, 5.41) is 6.67. The van der Waals surface area contributed by atoms with Crippen LogP contribution in [0.2, 0.25) is 0 Å². The van der Waals surface area contributed by atoms with Gasteiger partial charge in [0.05, 0.1) is 17.9 Å². The largest absolute Gasteiger partial charge is 0.489 e. The Morgan fingerprint density at radius 1 is 1.27 bits per heavy atom. The van der Waals surface area contributed by atoms with Gasteiger partial charge >= 0.3 is 5.97 Å². The molecule has 1 amide bonds. The van der Waals surface area contributed by atoms with Crippen molar-refractivity contribution in [3.63, 3.8) is 0 Å². The average Bonchev–Trinajstić information content (AvgIpc) is 2.95. The van der Waals surface area contributed by atoms with Gasteiger partial charge in [-0.1, -0.05) is 11.2 Å². The lowest BCUT2D eigenvalue weighted by Crippen LogP contribution is -2.25. The number of carbonyl (C=O) groups is 2. The second-order valence-electron chi connectivity index (χ2n) is 5.78. The van der Waals surface area contributed by atoms with Crippen LogP contribution >= 0.6 is 0 Å². The molecule has 0 unspecified atom stereocenters. The van der Waals surface area contributed by atoms with E-state index in [2.05, 4.69) is 10.5 Å². The third-order valence-electron chi connectivity index (χ3n) is 3.81. The Bertz CT molecular complexity index is 735. The van der Waals surface area contributed by atoms with Crippen LogP contribution in [0.15, 0.2) is 28.8 Å². The van der Waals surface area contributed by atoms with Crippen molar-refractivity contribution >= 4 is 11.9 Å². The lowest BCUT2D eigenvalue weighted by atomic mass is 10.2. The molecule has 2 rings (SSSR count). The molecule has 0 atom stereocenters. The summed E-state index contributed by atoms with van der Waals surface area (Å²) in [6, 6.07) is 6.94. The fourth-order valence-corrected chi connectivity index (χ4v) is 2.36. The Morgan fingerprint density at radius 2 is 2.08 bits per heavy atom. The van der Waals surface area contributed by atoms with E-state index in [1.54, 1.807) is 31.2 Å². The highest BCUT2D eigenvalue weighted by atomic mass is 16.5. The van der Waals surface area contributed by atoms with E-state index in [-0.39, 0.29) is 18.3 Å². The summed E-state index contributed by atoms with van der Waals surface area (Å²) in [6.07, 6.45) is 0.821. The molecule has 0 radical (unpaired) electrons. The van der Waals surface area contributed by atoms with Gasteiger partial charge in [-0.3, -0.25) is 9.59 Å². The Labute approximate surface area is 152 Å². The van der Waals surface area contributed by atoms with Gasteiger partial charge in [0.15, 0.2) is 0 Å². The van der Waals surface area contributed by atoms with Crippen molar-refractivity contribution in [3.05, 3.63) is 46.8 Å². The highest BCUT2D eigenvalue weighted by Gasteiger charge is 2.11. The minimum absolute atomic E-state index is 0.211. The molecule has 0 aliphatic rings. The first-order valence-electron chi connectivity index (χ1n) is 8.59. The summed E-state index contributed by atoms with van der Waals surface area (Å²) >= 11 is 0. The summed E-state index contributed by atoms with van der Waals surface area (Å²) in [5.74, 6) is 0.843. The van der Waals surface area contributed by atoms with Crippen LogP contribution in [0.1, 0.15) is 47.1 Å². The van der Waals surface area contributed by atoms with Crippen LogP contribution in [0, 0.1) is 13.8 Å². The molecular weight excluding hydrogens is 336 g/mol. The van der Waals surface area contributed by atoms with Gasteiger partial charge in [-0.25, -0.2) is 0 Å². The molecule has 1 N–H and O–H groups in total. The van der Waals surface area contributed by atoms with Gasteiger partial charge in [0, 0.05) is 18.5 Å². The van der Waals surface area contributed by atoms with Crippen molar-refractivity contribution in [3.8, 4) is 5.75 Å². The molecule has 1 aromatic carbocycles. The number of aromatic nitrogens is 1. The number of aryl methyl sites for hydroxylation is 2. The first-order chi connectivity index (χ1) is 12.5. The number of rotatable bonds is 9. The number of hydrogen-bond acceptors (Lipinski definition) is 6. The SMILES string of the molecule is CCOC(=O)CCCNC(=O)c1cccc(OCc2c(C)noc2C)c1. The van der Waals surface area contributed by atoms with E-state index >= 15 is 0 Å². The fraction of sp³-hybridized carbons (Fsp3) is 0.421. The van der Waals surface area contributed by atoms with Gasteiger partial charge in [-0.05, 0) is 45.4 Å². The second kappa shape index (κ2) is 9.60. The molecular formula is C19H24N2O5. The molecule has 0 saturated carbocycles. The van der Waals surface area contributed by atoms with Crippen molar-refractivity contribution in [1.82, 2.24) is 10.5 Å². The van der Waals surface area contributed by atoms with Crippen LogP contribution in [0.4, 0.5) is 0 Å². The van der Waals surface area contributed by atoms with Crippen LogP contribution in [0.25, 0.3) is 0 Å². The van der Waals surface area contributed by atoms with Crippen LogP contribution in [-0.4, -0.2) is 30.2 Å². The number of nitrogens with zero attached hydrogens (tertiary/aromatic N) is 1. The first kappa shape index (κ1) is 19.5. The number of esters is 1. The Balaban J connectivity index is 1.84. The lowest BCUT2D eigenvalue weighted by Gasteiger charge is -2.09. The van der Waals surface area contributed by atoms with Crippen molar-refractivity contribution in [2.45, 2.75) is 40.2 Å². The zero-order chi connectivity index (χ0) is 18.9. The molecule has 7 nitrogen and oxygen atoms in total. The van der Waals surface area contributed by atoms with Crippen molar-refractivity contribution in [2.24, 2.45) is 0 Å². The van der Waals surface area contributed by atoms with Crippen molar-refractivity contribution in [2.75, 3.05) is 13.2 Å². The van der Waals surface area contributed by atoms with E-state index in [0.717, 1.165) is 17.0 Å². The van der Waals surface area contributed by atoms with E-state index < -0.39 is 0 Å². The van der Waals surface area contributed by atoms with Gasteiger partial charge in [0.25, 0.3) is 5.91 Å². The van der Waals surface area contributed by atoms with E-state index in [4.69, 9.17) is 14.0 Å². The second-order valence-corrected chi connectivity index (χ2v) is 5.78. The maximum atomic E-state index is 12.2. The first-order valence-corrected chi connectivity index (χ1v) is 8.59. The molecule has 0 bridgehead atoms. The normalized spacial score (nSPS) is 10.4. The number of ether oxygens (including phenoxy) is 2. The predicted molar refractivity (Wildman–Crippen MR) is 95.0 cm³/mol. The molecule has 7 heteroatoms. The number of nitrogens with one attached hydrogen (secondary N) is 1. The van der Waals surface area contributed by atoms with Crippen molar-refractivity contribution in [1.29, 1.82) is 0 Å². The summed E-state index contributed by atoms with van der Waals surface area (Å²) in [4.78, 5) is 23.5. The fourth-order valence-electron chi connectivity index (χ4n) is 2.36. The molecule has 1 heterocycles. The monoisotopic (exact) mass is 360 g/mol. The van der Waals surface area contributed by atoms with Gasteiger partial charge in [-0.2, -0.15) is 0 Å².